The molecule has 1 aliphatic heterocycles. The van der Waals surface area contributed by atoms with Gasteiger partial charge in [0.2, 0.25) is 0 Å². The van der Waals surface area contributed by atoms with Crippen molar-refractivity contribution in [2.24, 2.45) is 0 Å². The quantitative estimate of drug-likeness (QED) is 0.502. The van der Waals surface area contributed by atoms with Crippen molar-refractivity contribution in [2.75, 3.05) is 55.4 Å². The van der Waals surface area contributed by atoms with Gasteiger partial charge in [-0.15, -0.1) is 0 Å². The zero-order chi connectivity index (χ0) is 19.5. The van der Waals surface area contributed by atoms with Crippen LogP contribution in [0.25, 0.3) is 0 Å². The number of hydrogen-bond donors (Lipinski definition) is 0. The number of benzene rings is 1. The van der Waals surface area contributed by atoms with E-state index in [9.17, 15) is 0 Å². The Hall–Kier alpha value is -1.26. The summed E-state index contributed by atoms with van der Waals surface area (Å²) in [6, 6.07) is 7.83. The maximum absolute atomic E-state index is 6.07. The smallest absolute Gasteiger partial charge is 0.146 e. The monoisotopic (exact) mass is 386 g/mol. The predicted octanol–water partition coefficient (Wildman–Crippen LogP) is 1.60. The van der Waals surface area contributed by atoms with Gasteiger partial charge in [0.1, 0.15) is 44.4 Å². The van der Waals surface area contributed by atoms with Crippen molar-refractivity contribution in [3.63, 3.8) is 0 Å². The summed E-state index contributed by atoms with van der Waals surface area (Å²) >= 11 is 0. The van der Waals surface area contributed by atoms with Gasteiger partial charge in [-0.1, -0.05) is 18.2 Å². The van der Waals surface area contributed by atoms with E-state index in [4.69, 9.17) is 37.9 Å². The summed E-state index contributed by atoms with van der Waals surface area (Å²) in [5, 5.41) is 0. The highest BCUT2D eigenvalue weighted by atomic mass is 16.7. The summed E-state index contributed by atoms with van der Waals surface area (Å²) in [5.41, 5.74) is 1.03. The van der Waals surface area contributed by atoms with Crippen molar-refractivity contribution >= 4 is 0 Å². The molecule has 8 heteroatoms. The molecule has 1 aliphatic rings. The summed E-state index contributed by atoms with van der Waals surface area (Å²) in [5.74, 6) is 0.804. The molecule has 1 fully saturated rings. The van der Waals surface area contributed by atoms with Gasteiger partial charge in [0.05, 0.1) is 19.8 Å². The molecule has 0 bridgehead atoms. The minimum Gasteiger partial charge on any atom is -0.496 e. The van der Waals surface area contributed by atoms with E-state index in [1.165, 1.54) is 0 Å². The second-order valence-electron chi connectivity index (χ2n) is 6.08. The van der Waals surface area contributed by atoms with Crippen LogP contribution in [0.2, 0.25) is 0 Å². The lowest BCUT2D eigenvalue weighted by Crippen LogP contribution is -2.57. The molecule has 0 saturated carbocycles. The molecule has 1 saturated heterocycles. The van der Waals surface area contributed by atoms with Crippen LogP contribution in [-0.2, 0) is 39.6 Å². The van der Waals surface area contributed by atoms with Crippen LogP contribution in [0.15, 0.2) is 24.3 Å². The molecule has 2 rings (SSSR count). The fourth-order valence-electron chi connectivity index (χ4n) is 3.09. The molecule has 0 amide bonds. The molecule has 1 aromatic rings. The first-order valence-electron chi connectivity index (χ1n) is 8.80. The lowest BCUT2D eigenvalue weighted by Gasteiger charge is -2.41. The second kappa shape index (κ2) is 12.2. The molecule has 0 aromatic heterocycles. The van der Waals surface area contributed by atoms with Crippen molar-refractivity contribution < 1.29 is 37.9 Å². The van der Waals surface area contributed by atoms with Crippen LogP contribution >= 0.6 is 0 Å². The Morgan fingerprint density at radius 2 is 1.48 bits per heavy atom. The minimum atomic E-state index is -0.416. The van der Waals surface area contributed by atoms with Gasteiger partial charge in [-0.05, 0) is 11.6 Å². The third-order valence-electron chi connectivity index (χ3n) is 4.30. The first kappa shape index (κ1) is 22.0. The van der Waals surface area contributed by atoms with Gasteiger partial charge in [0.25, 0.3) is 0 Å². The van der Waals surface area contributed by atoms with Crippen LogP contribution in [-0.4, -0.2) is 79.8 Å². The topological polar surface area (TPSA) is 73.8 Å². The maximum atomic E-state index is 6.07. The Kier molecular flexibility index (Phi) is 10.00. The number of para-hydroxylation sites is 1. The summed E-state index contributed by atoms with van der Waals surface area (Å²) in [7, 11) is 6.36. The third kappa shape index (κ3) is 6.39. The molecular weight excluding hydrogens is 356 g/mol. The Balaban J connectivity index is 2.18. The van der Waals surface area contributed by atoms with Gasteiger partial charge in [0.15, 0.2) is 0 Å². The van der Waals surface area contributed by atoms with Gasteiger partial charge in [-0.2, -0.15) is 0 Å². The van der Waals surface area contributed by atoms with Crippen LogP contribution in [0, 0.1) is 0 Å². The molecule has 1 aromatic carbocycles. The molecular formula is C19H30O8. The molecule has 4 atom stereocenters. The number of ether oxygens (including phenoxy) is 8. The highest BCUT2D eigenvalue weighted by molar-refractivity contribution is 5.34. The van der Waals surface area contributed by atoms with E-state index < -0.39 is 12.2 Å². The van der Waals surface area contributed by atoms with Gasteiger partial charge in [-0.25, -0.2) is 0 Å². The van der Waals surface area contributed by atoms with E-state index in [0.29, 0.717) is 13.0 Å². The SMILES string of the molecule is COCO[C@H]1[C@H](OCOC)COC(Cc2ccccc2OC)[C@@H]1OCOC. The standard InChI is InChI=1S/C19H30O8/c1-20-11-25-17-10-24-16(9-14-7-5-6-8-15(14)23-4)18(26-12-21-2)19(17)27-13-22-3/h5-8,16-19H,9-13H2,1-4H3/t16?,17-,18+,19+/m1/s1. The molecule has 8 nitrogen and oxygen atoms in total. The summed E-state index contributed by atoms with van der Waals surface area (Å²) in [6.45, 7) is 0.714. The van der Waals surface area contributed by atoms with E-state index in [0.717, 1.165) is 11.3 Å². The molecule has 1 unspecified atom stereocenters. The third-order valence-corrected chi connectivity index (χ3v) is 4.30. The Morgan fingerprint density at radius 3 is 2.15 bits per heavy atom. The van der Waals surface area contributed by atoms with Gasteiger partial charge in [0, 0.05) is 27.8 Å². The molecule has 1 heterocycles. The first-order valence-corrected chi connectivity index (χ1v) is 8.80. The molecule has 0 radical (unpaired) electrons. The van der Waals surface area contributed by atoms with Crippen LogP contribution in [0.3, 0.4) is 0 Å². The highest BCUT2D eigenvalue weighted by Crippen LogP contribution is 2.28. The highest BCUT2D eigenvalue weighted by Gasteiger charge is 2.43. The Bertz CT molecular complexity index is 526. The van der Waals surface area contributed by atoms with Gasteiger partial charge >= 0.3 is 0 Å². The lowest BCUT2D eigenvalue weighted by molar-refractivity contribution is -0.269. The Labute approximate surface area is 160 Å². The van der Waals surface area contributed by atoms with E-state index in [-0.39, 0.29) is 32.6 Å². The van der Waals surface area contributed by atoms with E-state index in [2.05, 4.69) is 0 Å². The summed E-state index contributed by atoms with van der Waals surface area (Å²) in [6.07, 6.45) is -0.830. The normalized spacial score (nSPS) is 25.5. The predicted molar refractivity (Wildman–Crippen MR) is 96.7 cm³/mol. The lowest BCUT2D eigenvalue weighted by atomic mass is 9.94. The van der Waals surface area contributed by atoms with Gasteiger partial charge in [-0.3, -0.25) is 0 Å². The molecule has 0 N–H and O–H groups in total. The number of methoxy groups -OCH3 is 4. The van der Waals surface area contributed by atoms with Crippen LogP contribution in [0.4, 0.5) is 0 Å². The second-order valence-corrected chi connectivity index (χ2v) is 6.08. The largest absolute Gasteiger partial charge is 0.496 e. The van der Waals surface area contributed by atoms with Crippen molar-refractivity contribution in [2.45, 2.75) is 30.8 Å². The van der Waals surface area contributed by atoms with Crippen molar-refractivity contribution in [3.8, 4) is 5.75 Å². The van der Waals surface area contributed by atoms with E-state index in [1.807, 2.05) is 24.3 Å². The molecule has 154 valence electrons. The summed E-state index contributed by atoms with van der Waals surface area (Å²) in [4.78, 5) is 0. The Morgan fingerprint density at radius 1 is 0.852 bits per heavy atom. The number of hydrogen-bond acceptors (Lipinski definition) is 8. The van der Waals surface area contributed by atoms with Gasteiger partial charge < -0.3 is 37.9 Å². The average Bonchev–Trinajstić information content (AvgIpc) is 2.70. The minimum absolute atomic E-state index is 0.111. The molecule has 0 aliphatic carbocycles. The van der Waals surface area contributed by atoms with Crippen molar-refractivity contribution in [1.29, 1.82) is 0 Å². The molecule has 27 heavy (non-hydrogen) atoms. The van der Waals surface area contributed by atoms with Crippen LogP contribution < -0.4 is 4.74 Å². The van der Waals surface area contributed by atoms with Crippen LogP contribution in [0.1, 0.15) is 5.56 Å². The number of rotatable bonds is 12. The zero-order valence-corrected chi connectivity index (χ0v) is 16.4. The zero-order valence-electron chi connectivity index (χ0n) is 16.4. The maximum Gasteiger partial charge on any atom is 0.146 e. The van der Waals surface area contributed by atoms with Crippen molar-refractivity contribution in [1.82, 2.24) is 0 Å². The first-order chi connectivity index (χ1) is 13.2. The van der Waals surface area contributed by atoms with Crippen LogP contribution in [0.5, 0.6) is 5.75 Å². The molecule has 0 spiro atoms. The van der Waals surface area contributed by atoms with Crippen molar-refractivity contribution in [3.05, 3.63) is 29.8 Å². The fraction of sp³-hybridized carbons (Fsp3) is 0.684. The fourth-order valence-corrected chi connectivity index (χ4v) is 3.09. The van der Waals surface area contributed by atoms with E-state index in [1.54, 1.807) is 28.4 Å². The van der Waals surface area contributed by atoms with E-state index >= 15 is 0 Å². The average molecular weight is 386 g/mol. The summed E-state index contributed by atoms with van der Waals surface area (Å²) < 4.78 is 44.3.